The molecule has 3 saturated heterocycles. The van der Waals surface area contributed by atoms with Gasteiger partial charge >= 0.3 is 0 Å². The molecule has 0 aromatic carbocycles. The van der Waals surface area contributed by atoms with Crippen LogP contribution in [0, 0.1) is 0 Å². The molecule has 0 bridgehead atoms. The Morgan fingerprint density at radius 3 is 2.38 bits per heavy atom. The topological polar surface area (TPSA) is 19.0 Å². The molecule has 0 amide bonds. The maximum Gasteiger partial charge on any atom is 0.0657 e. The summed E-state index contributed by atoms with van der Waals surface area (Å²) in [5.74, 6) is 0. The second-order valence-electron chi connectivity index (χ2n) is 9.55. The van der Waals surface area contributed by atoms with Crippen molar-refractivity contribution in [1.82, 2.24) is 14.7 Å². The number of nitrogens with zero attached hydrogens (tertiary/aromatic N) is 3. The monoisotopic (exact) mass is 337 g/mol. The zero-order valence-electron chi connectivity index (χ0n) is 16.7. The van der Waals surface area contributed by atoms with Crippen molar-refractivity contribution < 1.29 is 4.74 Å². The van der Waals surface area contributed by atoms with Crippen molar-refractivity contribution in [1.29, 1.82) is 0 Å². The Bertz CT molecular complexity index is 412. The van der Waals surface area contributed by atoms with Crippen molar-refractivity contribution in [3.05, 3.63) is 0 Å². The predicted molar refractivity (Wildman–Crippen MR) is 101 cm³/mol. The summed E-state index contributed by atoms with van der Waals surface area (Å²) in [6, 6.07) is 1.45. The first-order valence-electron chi connectivity index (χ1n) is 10.2. The summed E-state index contributed by atoms with van der Waals surface area (Å²) in [6.07, 6.45) is 5.38. The normalized spacial score (nSPS) is 33.5. The fourth-order valence-electron chi connectivity index (χ4n) is 4.92. The highest BCUT2D eigenvalue weighted by molar-refractivity contribution is 5.05. The highest BCUT2D eigenvalue weighted by Gasteiger charge is 2.49. The first-order valence-corrected chi connectivity index (χ1v) is 10.2. The molecule has 3 rings (SSSR count). The van der Waals surface area contributed by atoms with Crippen LogP contribution in [0.3, 0.4) is 0 Å². The van der Waals surface area contributed by atoms with E-state index in [4.69, 9.17) is 4.74 Å². The molecular formula is C20H39N3O. The van der Waals surface area contributed by atoms with E-state index in [0.29, 0.717) is 11.6 Å². The van der Waals surface area contributed by atoms with Gasteiger partial charge in [-0.15, -0.1) is 0 Å². The van der Waals surface area contributed by atoms with Crippen molar-refractivity contribution in [2.45, 2.75) is 83.5 Å². The fourth-order valence-corrected chi connectivity index (χ4v) is 4.92. The molecule has 4 nitrogen and oxygen atoms in total. The molecule has 140 valence electrons. The molecule has 3 aliphatic rings. The molecular weight excluding hydrogens is 298 g/mol. The lowest BCUT2D eigenvalue weighted by molar-refractivity contribution is -0.0584. The number of hydrogen-bond donors (Lipinski definition) is 0. The van der Waals surface area contributed by atoms with E-state index in [-0.39, 0.29) is 5.60 Å². The lowest BCUT2D eigenvalue weighted by Gasteiger charge is -2.41. The van der Waals surface area contributed by atoms with Crippen molar-refractivity contribution in [3.8, 4) is 0 Å². The van der Waals surface area contributed by atoms with Crippen LogP contribution in [0.15, 0.2) is 0 Å². The lowest BCUT2D eigenvalue weighted by atomic mass is 9.95. The summed E-state index contributed by atoms with van der Waals surface area (Å²) in [4.78, 5) is 8.15. The van der Waals surface area contributed by atoms with Gasteiger partial charge in [-0.3, -0.25) is 14.7 Å². The van der Waals surface area contributed by atoms with Gasteiger partial charge in [0.05, 0.1) is 12.2 Å². The van der Waals surface area contributed by atoms with Crippen LogP contribution in [0.2, 0.25) is 0 Å². The maximum absolute atomic E-state index is 6.23. The summed E-state index contributed by atoms with van der Waals surface area (Å²) < 4.78 is 6.23. The molecule has 0 saturated carbocycles. The predicted octanol–water partition coefficient (Wildman–Crippen LogP) is 2.82. The smallest absolute Gasteiger partial charge is 0.0657 e. The first kappa shape index (κ1) is 18.6. The third-order valence-electron chi connectivity index (χ3n) is 6.41. The molecule has 0 N–H and O–H groups in total. The van der Waals surface area contributed by atoms with E-state index in [1.165, 1.54) is 65.0 Å². The van der Waals surface area contributed by atoms with E-state index >= 15 is 0 Å². The first-order chi connectivity index (χ1) is 11.3. The number of hydrogen-bond acceptors (Lipinski definition) is 4. The van der Waals surface area contributed by atoms with Gasteiger partial charge in [-0.2, -0.15) is 0 Å². The van der Waals surface area contributed by atoms with Crippen LogP contribution >= 0.6 is 0 Å². The molecule has 3 aliphatic heterocycles. The SMILES string of the molecule is CC(C)N1CCN(C[C@@H]2CC[C@]3(COC(C)(C)C)CCCN23)CC1. The quantitative estimate of drug-likeness (QED) is 0.768. The van der Waals surface area contributed by atoms with Crippen molar-refractivity contribution in [2.24, 2.45) is 0 Å². The Balaban J connectivity index is 1.53. The molecule has 0 spiro atoms. The Morgan fingerprint density at radius 1 is 1.04 bits per heavy atom. The van der Waals surface area contributed by atoms with Gasteiger partial charge in [-0.05, 0) is 66.8 Å². The molecule has 3 heterocycles. The summed E-state index contributed by atoms with van der Waals surface area (Å²) >= 11 is 0. The number of piperazine rings is 1. The summed E-state index contributed by atoms with van der Waals surface area (Å²) in [6.45, 7) is 19.6. The lowest BCUT2D eigenvalue weighted by Crippen LogP contribution is -2.54. The highest BCUT2D eigenvalue weighted by Crippen LogP contribution is 2.43. The molecule has 3 fully saturated rings. The van der Waals surface area contributed by atoms with E-state index < -0.39 is 0 Å². The van der Waals surface area contributed by atoms with Crippen LogP contribution in [0.4, 0.5) is 0 Å². The second-order valence-corrected chi connectivity index (χ2v) is 9.55. The van der Waals surface area contributed by atoms with Gasteiger partial charge in [-0.1, -0.05) is 0 Å². The largest absolute Gasteiger partial charge is 0.374 e. The van der Waals surface area contributed by atoms with E-state index in [9.17, 15) is 0 Å². The maximum atomic E-state index is 6.23. The van der Waals surface area contributed by atoms with Crippen LogP contribution in [0.5, 0.6) is 0 Å². The Labute approximate surface area is 149 Å². The van der Waals surface area contributed by atoms with Crippen molar-refractivity contribution >= 4 is 0 Å². The average molecular weight is 338 g/mol. The van der Waals surface area contributed by atoms with Gasteiger partial charge in [0.25, 0.3) is 0 Å². The Hall–Kier alpha value is -0.160. The van der Waals surface area contributed by atoms with Gasteiger partial charge in [-0.25, -0.2) is 0 Å². The number of rotatable bonds is 5. The molecule has 0 aliphatic carbocycles. The molecule has 0 radical (unpaired) electrons. The summed E-state index contributed by atoms with van der Waals surface area (Å²) in [5, 5.41) is 0. The van der Waals surface area contributed by atoms with Crippen molar-refractivity contribution in [2.75, 3.05) is 45.9 Å². The molecule has 2 atom stereocenters. The number of ether oxygens (including phenoxy) is 1. The molecule has 24 heavy (non-hydrogen) atoms. The van der Waals surface area contributed by atoms with E-state index in [0.717, 1.165) is 12.6 Å². The zero-order valence-corrected chi connectivity index (χ0v) is 16.7. The minimum absolute atomic E-state index is 0.0196. The standard InChI is InChI=1S/C20H39N3O/c1-17(2)22-13-11-21(12-14-22)15-18-7-9-20(8-6-10-23(18)20)16-24-19(3,4)5/h17-18H,6-16H2,1-5H3/t18-,20-/m0/s1. The minimum atomic E-state index is -0.0196. The van der Waals surface area contributed by atoms with Crippen LogP contribution in [0.1, 0.15) is 60.3 Å². The molecule has 0 unspecified atom stereocenters. The minimum Gasteiger partial charge on any atom is -0.374 e. The summed E-state index contributed by atoms with van der Waals surface area (Å²) in [7, 11) is 0. The van der Waals surface area contributed by atoms with Gasteiger partial charge in [0.15, 0.2) is 0 Å². The third kappa shape index (κ3) is 4.14. The number of fused-ring (bicyclic) bond motifs is 1. The summed E-state index contributed by atoms with van der Waals surface area (Å²) in [5.41, 5.74) is 0.325. The average Bonchev–Trinajstić information content (AvgIpc) is 3.06. The zero-order chi connectivity index (χ0) is 17.4. The van der Waals surface area contributed by atoms with Gasteiger partial charge in [0.1, 0.15) is 0 Å². The van der Waals surface area contributed by atoms with E-state index in [1.54, 1.807) is 0 Å². The van der Waals surface area contributed by atoms with Gasteiger partial charge in [0, 0.05) is 50.3 Å². The van der Waals surface area contributed by atoms with Crippen LogP contribution < -0.4 is 0 Å². The van der Waals surface area contributed by atoms with Crippen LogP contribution in [0.25, 0.3) is 0 Å². The highest BCUT2D eigenvalue weighted by atomic mass is 16.5. The van der Waals surface area contributed by atoms with Crippen LogP contribution in [-0.2, 0) is 4.74 Å². The van der Waals surface area contributed by atoms with E-state index in [1.807, 2.05) is 0 Å². The van der Waals surface area contributed by atoms with Gasteiger partial charge < -0.3 is 4.74 Å². The van der Waals surface area contributed by atoms with Gasteiger partial charge in [0.2, 0.25) is 0 Å². The third-order valence-corrected chi connectivity index (χ3v) is 6.41. The Morgan fingerprint density at radius 2 is 1.75 bits per heavy atom. The fraction of sp³-hybridized carbons (Fsp3) is 1.00. The second kappa shape index (κ2) is 7.22. The van der Waals surface area contributed by atoms with E-state index in [2.05, 4.69) is 49.3 Å². The Kier molecular flexibility index (Phi) is 5.60. The van der Waals surface area contributed by atoms with Crippen LogP contribution in [-0.4, -0.2) is 83.8 Å². The molecule has 0 aromatic rings. The molecule has 0 aromatic heterocycles. The molecule has 4 heteroatoms. The van der Waals surface area contributed by atoms with Crippen molar-refractivity contribution in [3.63, 3.8) is 0 Å².